The highest BCUT2D eigenvalue weighted by Gasteiger charge is 2.52. The monoisotopic (exact) mass is 416 g/mol. The molecule has 9 heteroatoms. The van der Waals surface area contributed by atoms with Gasteiger partial charge in [0.15, 0.2) is 0 Å². The fourth-order valence-electron chi connectivity index (χ4n) is 2.17. The first-order valence-corrected chi connectivity index (χ1v) is 9.93. The number of hydrogen-bond donors (Lipinski definition) is 2. The molecule has 2 aromatic rings. The molecule has 0 unspecified atom stereocenters. The molecule has 0 aliphatic rings. The molecular formula is C18H19ClF2N2O3S. The zero-order chi connectivity index (χ0) is 20.1. The number of hydrogen-bond acceptors (Lipinski definition) is 3. The first kappa shape index (κ1) is 21.3. The van der Waals surface area contributed by atoms with Gasteiger partial charge in [-0.1, -0.05) is 53.6 Å². The van der Waals surface area contributed by atoms with Crippen molar-refractivity contribution in [3.63, 3.8) is 0 Å². The van der Waals surface area contributed by atoms with Crippen LogP contribution in [0.15, 0.2) is 48.5 Å². The van der Waals surface area contributed by atoms with Crippen LogP contribution in [-0.2, 0) is 27.8 Å². The SMILES string of the molecule is Cc1ccc(CCNC(=O)C(F)(F)S(=O)(=O)NCc2ccc(Cl)cc2)cc1. The number of sulfonamides is 1. The van der Waals surface area contributed by atoms with E-state index in [2.05, 4.69) is 0 Å². The number of carbonyl (C=O) groups excluding carboxylic acids is 1. The van der Waals surface area contributed by atoms with Gasteiger partial charge in [0.05, 0.1) is 0 Å². The highest BCUT2D eigenvalue weighted by Crippen LogP contribution is 2.21. The van der Waals surface area contributed by atoms with Crippen molar-refractivity contribution in [1.29, 1.82) is 0 Å². The lowest BCUT2D eigenvalue weighted by atomic mass is 10.1. The Morgan fingerprint density at radius 3 is 2.19 bits per heavy atom. The lowest BCUT2D eigenvalue weighted by Crippen LogP contribution is -2.50. The summed E-state index contributed by atoms with van der Waals surface area (Å²) in [5, 5.41) is -2.19. The number of rotatable bonds is 8. The summed E-state index contributed by atoms with van der Waals surface area (Å²) in [6, 6.07) is 13.3. The average Bonchev–Trinajstić information content (AvgIpc) is 2.62. The zero-order valence-corrected chi connectivity index (χ0v) is 16.1. The molecular weight excluding hydrogens is 398 g/mol. The predicted molar refractivity (Wildman–Crippen MR) is 100 cm³/mol. The van der Waals surface area contributed by atoms with Gasteiger partial charge in [-0.15, -0.1) is 0 Å². The summed E-state index contributed by atoms with van der Waals surface area (Å²) in [5.41, 5.74) is 2.32. The number of nitrogens with one attached hydrogen (secondary N) is 2. The summed E-state index contributed by atoms with van der Waals surface area (Å²) in [5.74, 6) is -1.86. The van der Waals surface area contributed by atoms with Crippen LogP contribution >= 0.6 is 11.6 Å². The van der Waals surface area contributed by atoms with Crippen LogP contribution in [0.3, 0.4) is 0 Å². The van der Waals surface area contributed by atoms with Crippen molar-refractivity contribution in [2.75, 3.05) is 6.54 Å². The van der Waals surface area contributed by atoms with Gasteiger partial charge in [0.2, 0.25) is 0 Å². The molecule has 0 heterocycles. The minimum absolute atomic E-state index is 0.107. The van der Waals surface area contributed by atoms with Crippen molar-refractivity contribution in [3.8, 4) is 0 Å². The standard InChI is InChI=1S/C18H19ClF2N2O3S/c1-13-2-4-14(5-3-13)10-11-22-17(24)18(20,21)27(25,26)23-12-15-6-8-16(19)9-7-15/h2-9,23H,10-12H2,1H3,(H,22,24). The first-order valence-electron chi connectivity index (χ1n) is 8.07. The molecule has 0 aliphatic carbocycles. The Hall–Kier alpha value is -2.03. The van der Waals surface area contributed by atoms with Gasteiger partial charge >= 0.3 is 11.2 Å². The molecule has 0 radical (unpaired) electrons. The van der Waals surface area contributed by atoms with Crippen LogP contribution in [0, 0.1) is 6.92 Å². The molecule has 0 aromatic heterocycles. The van der Waals surface area contributed by atoms with Gasteiger partial charge in [-0.05, 0) is 36.6 Å². The van der Waals surface area contributed by atoms with E-state index >= 15 is 0 Å². The Kier molecular flexibility index (Phi) is 6.91. The maximum absolute atomic E-state index is 14.1. The van der Waals surface area contributed by atoms with Crippen molar-refractivity contribution in [2.24, 2.45) is 0 Å². The smallest absolute Gasteiger partial charge is 0.350 e. The van der Waals surface area contributed by atoms with Crippen LogP contribution in [-0.4, -0.2) is 26.1 Å². The molecule has 2 rings (SSSR count). The van der Waals surface area contributed by atoms with Gasteiger partial charge in [0, 0.05) is 18.1 Å². The van der Waals surface area contributed by atoms with Gasteiger partial charge in [0.1, 0.15) is 0 Å². The molecule has 27 heavy (non-hydrogen) atoms. The Morgan fingerprint density at radius 2 is 1.59 bits per heavy atom. The Labute approximate surface area is 161 Å². The topological polar surface area (TPSA) is 75.3 Å². The van der Waals surface area contributed by atoms with E-state index < -0.39 is 21.2 Å². The van der Waals surface area contributed by atoms with Crippen LogP contribution in [0.5, 0.6) is 0 Å². The van der Waals surface area contributed by atoms with E-state index in [1.807, 2.05) is 36.5 Å². The highest BCUT2D eigenvalue weighted by molar-refractivity contribution is 7.91. The van der Waals surface area contributed by atoms with Crippen LogP contribution in [0.25, 0.3) is 0 Å². The molecule has 0 aliphatic heterocycles. The minimum Gasteiger partial charge on any atom is -0.350 e. The molecule has 5 nitrogen and oxygen atoms in total. The molecule has 0 atom stereocenters. The third-order valence-corrected chi connectivity index (χ3v) is 5.44. The van der Waals surface area contributed by atoms with Crippen LogP contribution in [0.4, 0.5) is 8.78 Å². The van der Waals surface area contributed by atoms with Crippen molar-refractivity contribution in [1.82, 2.24) is 10.0 Å². The molecule has 146 valence electrons. The third-order valence-electron chi connectivity index (χ3n) is 3.80. The lowest BCUT2D eigenvalue weighted by Gasteiger charge is -2.17. The van der Waals surface area contributed by atoms with Gasteiger partial charge in [-0.2, -0.15) is 8.78 Å². The first-order chi connectivity index (χ1) is 12.6. The van der Waals surface area contributed by atoms with E-state index in [0.29, 0.717) is 17.0 Å². The molecule has 0 spiro atoms. The van der Waals surface area contributed by atoms with Crippen molar-refractivity contribution in [3.05, 3.63) is 70.2 Å². The highest BCUT2D eigenvalue weighted by atomic mass is 35.5. The molecule has 1 amide bonds. The molecule has 2 aromatic carbocycles. The summed E-state index contributed by atoms with van der Waals surface area (Å²) in [7, 11) is -5.20. The van der Waals surface area contributed by atoms with Crippen molar-refractivity contribution < 1.29 is 22.0 Å². The second-order valence-electron chi connectivity index (χ2n) is 5.96. The van der Waals surface area contributed by atoms with E-state index in [4.69, 9.17) is 11.6 Å². The Balaban J connectivity index is 1.92. The second kappa shape index (κ2) is 8.77. The van der Waals surface area contributed by atoms with E-state index in [1.165, 1.54) is 24.3 Å². The number of alkyl halides is 2. The molecule has 0 bridgehead atoms. The fourth-order valence-corrected chi connectivity index (χ4v) is 3.15. The van der Waals surface area contributed by atoms with Crippen LogP contribution in [0.1, 0.15) is 16.7 Å². The molecule has 0 saturated carbocycles. The molecule has 0 fully saturated rings. The zero-order valence-electron chi connectivity index (χ0n) is 14.5. The van der Waals surface area contributed by atoms with Crippen LogP contribution in [0.2, 0.25) is 5.02 Å². The quantitative estimate of drug-likeness (QED) is 0.694. The van der Waals surface area contributed by atoms with Gasteiger partial charge in [-0.3, -0.25) is 4.79 Å². The van der Waals surface area contributed by atoms with E-state index in [9.17, 15) is 22.0 Å². The molecule has 0 saturated heterocycles. The molecule has 2 N–H and O–H groups in total. The largest absolute Gasteiger partial charge is 0.435 e. The lowest BCUT2D eigenvalue weighted by molar-refractivity contribution is -0.135. The van der Waals surface area contributed by atoms with E-state index in [1.54, 1.807) is 4.72 Å². The normalized spacial score (nSPS) is 12.0. The Morgan fingerprint density at radius 1 is 1.04 bits per heavy atom. The van der Waals surface area contributed by atoms with Gasteiger partial charge in [0.25, 0.3) is 10.0 Å². The maximum Gasteiger partial charge on any atom is 0.435 e. The van der Waals surface area contributed by atoms with Gasteiger partial charge in [-0.25, -0.2) is 13.1 Å². The van der Waals surface area contributed by atoms with E-state index in [0.717, 1.165) is 11.1 Å². The number of aryl methyl sites for hydroxylation is 1. The number of carbonyl (C=O) groups is 1. The van der Waals surface area contributed by atoms with Crippen molar-refractivity contribution >= 4 is 27.5 Å². The summed E-state index contributed by atoms with van der Waals surface area (Å²) in [6.07, 6.45) is 0.306. The van der Waals surface area contributed by atoms with Crippen LogP contribution < -0.4 is 10.0 Å². The Bertz CT molecular complexity index is 886. The fraction of sp³-hybridized carbons (Fsp3) is 0.278. The second-order valence-corrected chi connectivity index (χ2v) is 8.20. The maximum atomic E-state index is 14.1. The number of amides is 1. The van der Waals surface area contributed by atoms with Crippen molar-refractivity contribution in [2.45, 2.75) is 25.1 Å². The minimum atomic E-state index is -5.20. The number of benzene rings is 2. The summed E-state index contributed by atoms with van der Waals surface area (Å²) in [6.45, 7) is 1.42. The summed E-state index contributed by atoms with van der Waals surface area (Å²) in [4.78, 5) is 11.7. The number of halogens is 3. The third kappa shape index (κ3) is 5.72. The summed E-state index contributed by atoms with van der Waals surface area (Å²) >= 11 is 5.70. The van der Waals surface area contributed by atoms with Gasteiger partial charge < -0.3 is 5.32 Å². The average molecular weight is 417 g/mol. The summed E-state index contributed by atoms with van der Waals surface area (Å²) < 4.78 is 53.6. The van der Waals surface area contributed by atoms with E-state index in [-0.39, 0.29) is 13.1 Å². The predicted octanol–water partition coefficient (Wildman–Crippen LogP) is 3.02.